The maximum atomic E-state index is 13.5. The number of rotatable bonds is 18. The molecule has 0 aliphatic heterocycles. The third kappa shape index (κ3) is 12.9. The standard InChI is InChI=1S/C32H52N6O9/c1-17(2)26(30(44)37-27(18(3)4)32(46)47-8)36-25(41)15-24(40)23(14-21-12-10-9-11-13-21)38(7)31(45)20(6)35-28(42)19(5)34-29(43)22(33)16-39/h9-13,17-20,22-24,26-27,39-40H,14-16,33H2,1-8H3,(H,34,43)(H,35,42)(H,36,41)(H,37,44)/t19-,20-,22-,23-,24-,26-,27-/m0/s1. The van der Waals surface area contributed by atoms with Gasteiger partial charge in [-0.2, -0.15) is 0 Å². The molecule has 1 rings (SSSR count). The quantitative estimate of drug-likeness (QED) is 0.0907. The molecule has 0 aliphatic rings. The van der Waals surface area contributed by atoms with Gasteiger partial charge in [-0.3, -0.25) is 24.0 Å². The molecule has 0 saturated heterocycles. The van der Waals surface area contributed by atoms with Gasteiger partial charge >= 0.3 is 5.97 Å². The Labute approximate surface area is 276 Å². The number of amides is 5. The molecule has 0 radical (unpaired) electrons. The molecule has 0 unspecified atom stereocenters. The largest absolute Gasteiger partial charge is 0.467 e. The zero-order chi connectivity index (χ0) is 36.0. The fraction of sp³-hybridized carbons (Fsp3) is 0.625. The number of benzene rings is 1. The lowest BCUT2D eigenvalue weighted by molar-refractivity contribution is -0.147. The van der Waals surface area contributed by atoms with Gasteiger partial charge in [0.2, 0.25) is 29.5 Å². The van der Waals surface area contributed by atoms with Crippen molar-refractivity contribution in [2.45, 2.75) is 96.7 Å². The van der Waals surface area contributed by atoms with E-state index in [-0.39, 0.29) is 18.3 Å². The summed E-state index contributed by atoms with van der Waals surface area (Å²) in [6.45, 7) is 9.14. The minimum Gasteiger partial charge on any atom is -0.467 e. The highest BCUT2D eigenvalue weighted by Crippen LogP contribution is 2.16. The van der Waals surface area contributed by atoms with Crippen molar-refractivity contribution in [1.82, 2.24) is 26.2 Å². The van der Waals surface area contributed by atoms with Crippen LogP contribution in [0, 0.1) is 11.8 Å². The third-order valence-electron chi connectivity index (χ3n) is 7.67. The Bertz CT molecular complexity index is 1210. The molecule has 1 aromatic carbocycles. The van der Waals surface area contributed by atoms with Crippen molar-refractivity contribution in [1.29, 1.82) is 0 Å². The molecule has 15 heteroatoms. The van der Waals surface area contributed by atoms with Crippen LogP contribution in [0.4, 0.5) is 0 Å². The van der Waals surface area contributed by atoms with E-state index in [4.69, 9.17) is 15.6 Å². The molecule has 47 heavy (non-hydrogen) atoms. The molecular weight excluding hydrogens is 612 g/mol. The van der Waals surface area contributed by atoms with Crippen molar-refractivity contribution >= 4 is 35.5 Å². The van der Waals surface area contributed by atoms with E-state index in [9.17, 15) is 33.9 Å². The minimum atomic E-state index is -1.39. The number of aliphatic hydroxyl groups is 2. The number of methoxy groups -OCH3 is 1. The van der Waals surface area contributed by atoms with Crippen LogP contribution in [0.15, 0.2) is 30.3 Å². The van der Waals surface area contributed by atoms with E-state index in [0.717, 1.165) is 5.56 Å². The lowest BCUT2D eigenvalue weighted by Gasteiger charge is -2.34. The molecule has 15 nitrogen and oxygen atoms in total. The van der Waals surface area contributed by atoms with Crippen LogP contribution in [-0.4, -0.2) is 114 Å². The van der Waals surface area contributed by atoms with Gasteiger partial charge in [-0.1, -0.05) is 58.0 Å². The molecule has 0 spiro atoms. The number of hydrogen-bond acceptors (Lipinski definition) is 10. The molecule has 0 aromatic heterocycles. The van der Waals surface area contributed by atoms with E-state index in [0.29, 0.717) is 0 Å². The van der Waals surface area contributed by atoms with Gasteiger partial charge in [-0.15, -0.1) is 0 Å². The van der Waals surface area contributed by atoms with Crippen molar-refractivity contribution in [2.75, 3.05) is 20.8 Å². The van der Waals surface area contributed by atoms with E-state index in [1.54, 1.807) is 52.0 Å². The van der Waals surface area contributed by atoms with Crippen LogP contribution in [0.2, 0.25) is 0 Å². The normalized spacial score (nSPS) is 15.7. The average molecular weight is 665 g/mol. The second kappa shape index (κ2) is 19.6. The van der Waals surface area contributed by atoms with Crippen molar-refractivity contribution in [3.63, 3.8) is 0 Å². The fourth-order valence-electron chi connectivity index (χ4n) is 4.69. The summed E-state index contributed by atoms with van der Waals surface area (Å²) in [5, 5.41) is 30.5. The second-order valence-corrected chi connectivity index (χ2v) is 12.3. The lowest BCUT2D eigenvalue weighted by atomic mass is 9.96. The smallest absolute Gasteiger partial charge is 0.328 e. The number of ether oxygens (including phenoxy) is 1. The van der Waals surface area contributed by atoms with Gasteiger partial charge in [0.1, 0.15) is 30.2 Å². The third-order valence-corrected chi connectivity index (χ3v) is 7.67. The highest BCUT2D eigenvalue weighted by atomic mass is 16.5. The summed E-state index contributed by atoms with van der Waals surface area (Å²) < 4.78 is 4.78. The first-order valence-electron chi connectivity index (χ1n) is 15.6. The van der Waals surface area contributed by atoms with Gasteiger partial charge in [0.15, 0.2) is 0 Å². The van der Waals surface area contributed by atoms with E-state index in [2.05, 4.69) is 21.3 Å². The molecule has 0 bridgehead atoms. The topological polar surface area (TPSA) is 229 Å². The van der Waals surface area contributed by atoms with Gasteiger partial charge in [0.25, 0.3) is 0 Å². The first-order chi connectivity index (χ1) is 21.9. The number of hydrogen-bond donors (Lipinski definition) is 7. The average Bonchev–Trinajstić information content (AvgIpc) is 3.03. The Hall–Kier alpha value is -4.08. The van der Waals surface area contributed by atoms with Crippen LogP contribution in [0.5, 0.6) is 0 Å². The predicted octanol–water partition coefficient (Wildman–Crippen LogP) is -1.41. The van der Waals surface area contributed by atoms with E-state index >= 15 is 0 Å². The van der Waals surface area contributed by atoms with Gasteiger partial charge < -0.3 is 46.9 Å². The molecule has 0 heterocycles. The van der Waals surface area contributed by atoms with Crippen LogP contribution in [0.25, 0.3) is 0 Å². The number of likely N-dealkylation sites (N-methyl/N-ethyl adjacent to an activating group) is 1. The van der Waals surface area contributed by atoms with Gasteiger partial charge in [0, 0.05) is 7.05 Å². The Morgan fingerprint density at radius 3 is 1.87 bits per heavy atom. The Morgan fingerprint density at radius 1 is 0.809 bits per heavy atom. The first-order valence-corrected chi connectivity index (χ1v) is 15.6. The number of esters is 1. The van der Waals surface area contributed by atoms with E-state index < -0.39 is 90.9 Å². The van der Waals surface area contributed by atoms with Crippen LogP contribution < -0.4 is 27.0 Å². The zero-order valence-corrected chi connectivity index (χ0v) is 28.5. The van der Waals surface area contributed by atoms with Crippen molar-refractivity contribution < 1.29 is 43.7 Å². The Morgan fingerprint density at radius 2 is 1.36 bits per heavy atom. The van der Waals surface area contributed by atoms with Crippen LogP contribution in [0.3, 0.4) is 0 Å². The summed E-state index contributed by atoms with van der Waals surface area (Å²) in [7, 11) is 2.65. The summed E-state index contributed by atoms with van der Waals surface area (Å²) >= 11 is 0. The monoisotopic (exact) mass is 664 g/mol. The number of aliphatic hydroxyl groups excluding tert-OH is 2. The van der Waals surface area contributed by atoms with Crippen LogP contribution >= 0.6 is 0 Å². The number of carbonyl (C=O) groups excluding carboxylic acids is 6. The maximum Gasteiger partial charge on any atom is 0.328 e. The molecule has 1 aromatic rings. The summed E-state index contributed by atoms with van der Waals surface area (Å²) in [6.07, 6.45) is -1.70. The lowest BCUT2D eigenvalue weighted by Crippen LogP contribution is -2.57. The Kier molecular flexibility index (Phi) is 17.0. The van der Waals surface area contributed by atoms with Crippen molar-refractivity contribution in [3.05, 3.63) is 35.9 Å². The summed E-state index contributed by atoms with van der Waals surface area (Å²) in [5.74, 6) is -4.51. The SMILES string of the molecule is COC(=O)[C@@H](NC(=O)[C@@H](NC(=O)C[C@H](O)[C@H](Cc1ccccc1)N(C)C(=O)[C@H](C)NC(=O)[C@H](C)NC(=O)[C@@H](N)CO)C(C)C)C(C)C. The number of carbonyl (C=O) groups is 6. The molecule has 264 valence electrons. The van der Waals surface area contributed by atoms with E-state index in [1.165, 1.54) is 32.9 Å². The van der Waals surface area contributed by atoms with Crippen molar-refractivity contribution in [2.24, 2.45) is 17.6 Å². The first kappa shape index (κ1) is 40.9. The minimum absolute atomic E-state index is 0.160. The zero-order valence-electron chi connectivity index (χ0n) is 28.5. The molecule has 8 N–H and O–H groups in total. The van der Waals surface area contributed by atoms with Crippen LogP contribution in [-0.2, 0) is 39.9 Å². The summed E-state index contributed by atoms with van der Waals surface area (Å²) in [6, 6.07) is 2.75. The number of nitrogens with one attached hydrogen (secondary N) is 4. The summed E-state index contributed by atoms with van der Waals surface area (Å²) in [4.78, 5) is 77.8. The second-order valence-electron chi connectivity index (χ2n) is 12.3. The summed E-state index contributed by atoms with van der Waals surface area (Å²) in [5.41, 5.74) is 6.24. The van der Waals surface area contributed by atoms with Gasteiger partial charge in [-0.25, -0.2) is 4.79 Å². The predicted molar refractivity (Wildman–Crippen MR) is 173 cm³/mol. The Balaban J connectivity index is 3.10. The van der Waals surface area contributed by atoms with Gasteiger partial charge in [0.05, 0.1) is 32.3 Å². The molecule has 7 atom stereocenters. The van der Waals surface area contributed by atoms with Crippen molar-refractivity contribution in [3.8, 4) is 0 Å². The molecular formula is C32H52N6O9. The molecule has 0 aliphatic carbocycles. The highest BCUT2D eigenvalue weighted by Gasteiger charge is 2.35. The number of nitrogens with two attached hydrogens (primary N) is 1. The van der Waals surface area contributed by atoms with Crippen LogP contribution in [0.1, 0.15) is 53.5 Å². The fourth-order valence-corrected chi connectivity index (χ4v) is 4.69. The van der Waals surface area contributed by atoms with Gasteiger partial charge in [-0.05, 0) is 37.7 Å². The van der Waals surface area contributed by atoms with E-state index in [1.807, 2.05) is 6.07 Å². The molecule has 0 fully saturated rings. The number of nitrogens with zero attached hydrogens (tertiary/aromatic N) is 1. The molecule has 5 amide bonds. The highest BCUT2D eigenvalue weighted by molar-refractivity contribution is 5.93. The molecule has 0 saturated carbocycles. The maximum absolute atomic E-state index is 13.5.